The molecule has 0 spiro atoms. The molecule has 1 atom stereocenters. The zero-order valence-electron chi connectivity index (χ0n) is 18.1. The maximum Gasteiger partial charge on any atom is 0.246 e. The predicted molar refractivity (Wildman–Crippen MR) is 117 cm³/mol. The van der Waals surface area contributed by atoms with E-state index in [1.54, 1.807) is 17.1 Å². The van der Waals surface area contributed by atoms with Crippen molar-refractivity contribution in [2.24, 2.45) is 0 Å². The molecule has 0 radical (unpaired) electrons. The SMILES string of the molecule is CCN(CC)[C@H](C(=O)Nc1cnn(CC(=O)N2CCN(C)CC2)c1)c1ccccc1. The van der Waals surface area contributed by atoms with Crippen molar-refractivity contribution in [3.8, 4) is 0 Å². The summed E-state index contributed by atoms with van der Waals surface area (Å²) in [7, 11) is 2.06. The lowest BCUT2D eigenvalue weighted by molar-refractivity contribution is -0.133. The molecule has 2 heterocycles. The zero-order chi connectivity index (χ0) is 21.5. The number of carbonyl (C=O) groups excluding carboxylic acids is 2. The number of nitrogens with one attached hydrogen (secondary N) is 1. The number of carbonyl (C=O) groups is 2. The van der Waals surface area contributed by atoms with E-state index in [1.807, 2.05) is 35.2 Å². The molecule has 30 heavy (non-hydrogen) atoms. The van der Waals surface area contributed by atoms with Crippen LogP contribution in [0, 0.1) is 0 Å². The zero-order valence-corrected chi connectivity index (χ0v) is 18.1. The van der Waals surface area contributed by atoms with E-state index >= 15 is 0 Å². The van der Waals surface area contributed by atoms with Crippen LogP contribution in [-0.4, -0.2) is 82.6 Å². The molecular weight excluding hydrogens is 380 g/mol. The molecule has 3 rings (SSSR count). The summed E-state index contributed by atoms with van der Waals surface area (Å²) in [5.74, 6) is -0.0516. The third-order valence-corrected chi connectivity index (χ3v) is 5.60. The number of hydrogen-bond acceptors (Lipinski definition) is 5. The largest absolute Gasteiger partial charge is 0.339 e. The van der Waals surface area contributed by atoms with Crippen LogP contribution in [0.2, 0.25) is 0 Å². The van der Waals surface area contributed by atoms with Crippen LogP contribution >= 0.6 is 0 Å². The minimum atomic E-state index is -0.378. The van der Waals surface area contributed by atoms with Gasteiger partial charge >= 0.3 is 0 Å². The van der Waals surface area contributed by atoms with Crippen LogP contribution in [0.1, 0.15) is 25.5 Å². The molecule has 1 aromatic heterocycles. The van der Waals surface area contributed by atoms with E-state index < -0.39 is 0 Å². The summed E-state index contributed by atoms with van der Waals surface area (Å²) in [5.41, 5.74) is 1.55. The molecule has 1 fully saturated rings. The van der Waals surface area contributed by atoms with Crippen molar-refractivity contribution >= 4 is 17.5 Å². The Morgan fingerprint density at radius 3 is 2.40 bits per heavy atom. The molecule has 1 aliphatic heterocycles. The van der Waals surface area contributed by atoms with Gasteiger partial charge in [-0.25, -0.2) is 0 Å². The fourth-order valence-corrected chi connectivity index (χ4v) is 3.77. The lowest BCUT2D eigenvalue weighted by Crippen LogP contribution is -2.48. The van der Waals surface area contributed by atoms with E-state index in [0.29, 0.717) is 5.69 Å². The van der Waals surface area contributed by atoms with Gasteiger partial charge in [-0.05, 0) is 25.7 Å². The fourth-order valence-electron chi connectivity index (χ4n) is 3.77. The average molecular weight is 413 g/mol. The number of rotatable bonds is 8. The Balaban J connectivity index is 1.64. The van der Waals surface area contributed by atoms with Crippen molar-refractivity contribution in [1.29, 1.82) is 0 Å². The Kier molecular flexibility index (Phi) is 7.59. The maximum atomic E-state index is 13.1. The molecule has 1 saturated heterocycles. The molecule has 0 unspecified atom stereocenters. The topological polar surface area (TPSA) is 73.7 Å². The van der Waals surface area contributed by atoms with Gasteiger partial charge in [-0.2, -0.15) is 5.10 Å². The highest BCUT2D eigenvalue weighted by atomic mass is 16.2. The summed E-state index contributed by atoms with van der Waals surface area (Å²) in [5, 5.41) is 7.24. The van der Waals surface area contributed by atoms with E-state index in [-0.39, 0.29) is 24.4 Å². The van der Waals surface area contributed by atoms with E-state index in [2.05, 4.69) is 41.1 Å². The fraction of sp³-hybridized carbons (Fsp3) is 0.500. The molecule has 2 aromatic rings. The van der Waals surface area contributed by atoms with Gasteiger partial charge in [-0.1, -0.05) is 44.2 Å². The van der Waals surface area contributed by atoms with Crippen molar-refractivity contribution in [2.75, 3.05) is 51.6 Å². The predicted octanol–water partition coefficient (Wildman–Crippen LogP) is 1.68. The molecular formula is C22H32N6O2. The molecule has 2 amide bonds. The van der Waals surface area contributed by atoms with Gasteiger partial charge in [0.05, 0.1) is 11.9 Å². The summed E-state index contributed by atoms with van der Waals surface area (Å²) < 4.78 is 1.59. The molecule has 0 saturated carbocycles. The van der Waals surface area contributed by atoms with Gasteiger partial charge in [0.2, 0.25) is 11.8 Å². The summed E-state index contributed by atoms with van der Waals surface area (Å²) in [6.07, 6.45) is 3.32. The number of anilines is 1. The van der Waals surface area contributed by atoms with E-state index in [0.717, 1.165) is 44.8 Å². The second kappa shape index (κ2) is 10.4. The number of hydrogen-bond donors (Lipinski definition) is 1. The number of likely N-dealkylation sites (N-methyl/N-ethyl adjacent to an activating group) is 2. The van der Waals surface area contributed by atoms with Gasteiger partial charge in [-0.3, -0.25) is 19.2 Å². The van der Waals surface area contributed by atoms with Gasteiger partial charge in [0.15, 0.2) is 0 Å². The highest BCUT2D eigenvalue weighted by Gasteiger charge is 2.26. The Labute approximate surface area is 178 Å². The Morgan fingerprint density at radius 2 is 1.77 bits per heavy atom. The average Bonchev–Trinajstić information content (AvgIpc) is 3.19. The number of piperazine rings is 1. The summed E-state index contributed by atoms with van der Waals surface area (Å²) in [4.78, 5) is 31.8. The van der Waals surface area contributed by atoms with Crippen molar-refractivity contribution in [2.45, 2.75) is 26.4 Å². The molecule has 0 aliphatic carbocycles. The third-order valence-electron chi connectivity index (χ3n) is 5.60. The molecule has 8 heteroatoms. The van der Waals surface area contributed by atoms with Crippen LogP contribution in [0.25, 0.3) is 0 Å². The molecule has 1 N–H and O–H groups in total. The Bertz CT molecular complexity index is 825. The maximum absolute atomic E-state index is 13.1. The molecule has 1 aliphatic rings. The van der Waals surface area contributed by atoms with Gasteiger partial charge < -0.3 is 15.1 Å². The van der Waals surface area contributed by atoms with Crippen molar-refractivity contribution in [1.82, 2.24) is 24.5 Å². The number of aromatic nitrogens is 2. The molecule has 8 nitrogen and oxygen atoms in total. The van der Waals surface area contributed by atoms with Gasteiger partial charge in [-0.15, -0.1) is 0 Å². The monoisotopic (exact) mass is 412 g/mol. The lowest BCUT2D eigenvalue weighted by atomic mass is 10.0. The van der Waals surface area contributed by atoms with Crippen molar-refractivity contribution in [3.63, 3.8) is 0 Å². The van der Waals surface area contributed by atoms with Crippen LogP contribution in [0.15, 0.2) is 42.7 Å². The normalized spacial score (nSPS) is 15.9. The van der Waals surface area contributed by atoms with Crippen LogP contribution < -0.4 is 5.32 Å². The van der Waals surface area contributed by atoms with Gasteiger partial charge in [0, 0.05) is 32.4 Å². The van der Waals surface area contributed by atoms with E-state index in [9.17, 15) is 9.59 Å². The first-order valence-corrected chi connectivity index (χ1v) is 10.6. The summed E-state index contributed by atoms with van der Waals surface area (Å²) >= 11 is 0. The van der Waals surface area contributed by atoms with Gasteiger partial charge in [0.25, 0.3) is 0 Å². The van der Waals surface area contributed by atoms with Crippen LogP contribution in [-0.2, 0) is 16.1 Å². The van der Waals surface area contributed by atoms with Crippen molar-refractivity contribution in [3.05, 3.63) is 48.3 Å². The minimum Gasteiger partial charge on any atom is -0.339 e. The smallest absolute Gasteiger partial charge is 0.246 e. The van der Waals surface area contributed by atoms with Crippen LogP contribution in [0.5, 0.6) is 0 Å². The quantitative estimate of drug-likeness (QED) is 0.714. The standard InChI is InChI=1S/C22H32N6O2/c1-4-26(5-2)21(18-9-7-6-8-10-18)22(30)24-19-15-23-28(16-19)17-20(29)27-13-11-25(3)12-14-27/h6-10,15-16,21H,4-5,11-14,17H2,1-3H3,(H,24,30)/t21-/m0/s1. The first kappa shape index (κ1) is 22.0. The highest BCUT2D eigenvalue weighted by Crippen LogP contribution is 2.22. The van der Waals surface area contributed by atoms with Crippen LogP contribution in [0.3, 0.4) is 0 Å². The van der Waals surface area contributed by atoms with Crippen LogP contribution in [0.4, 0.5) is 5.69 Å². The van der Waals surface area contributed by atoms with Gasteiger partial charge in [0.1, 0.15) is 12.6 Å². The number of benzene rings is 1. The molecule has 162 valence electrons. The second-order valence-corrected chi connectivity index (χ2v) is 7.63. The Morgan fingerprint density at radius 1 is 1.10 bits per heavy atom. The third kappa shape index (κ3) is 5.46. The summed E-state index contributed by atoms with van der Waals surface area (Å²) in [6.45, 7) is 9.06. The lowest BCUT2D eigenvalue weighted by Gasteiger charge is -2.32. The van der Waals surface area contributed by atoms with Crippen molar-refractivity contribution < 1.29 is 9.59 Å². The van der Waals surface area contributed by atoms with E-state index in [1.165, 1.54) is 0 Å². The molecule has 0 bridgehead atoms. The van der Waals surface area contributed by atoms with E-state index in [4.69, 9.17) is 0 Å². The number of nitrogens with zero attached hydrogens (tertiary/aromatic N) is 5. The summed E-state index contributed by atoms with van der Waals surface area (Å²) in [6, 6.07) is 9.41. The first-order chi connectivity index (χ1) is 14.5. The minimum absolute atomic E-state index is 0.0504. The Hall–Kier alpha value is -2.71. The second-order valence-electron chi connectivity index (χ2n) is 7.63. The first-order valence-electron chi connectivity index (χ1n) is 10.6. The molecule has 1 aromatic carbocycles. The highest BCUT2D eigenvalue weighted by molar-refractivity contribution is 5.95. The number of amides is 2.